The first-order chi connectivity index (χ1) is 30.0. The predicted octanol–water partition coefficient (Wildman–Crippen LogP) is 16.0. The van der Waals surface area contributed by atoms with Crippen molar-refractivity contribution in [1.29, 1.82) is 0 Å². The maximum atomic E-state index is 12.7. The Bertz CT molecular complexity index is 1290. The topological polar surface area (TPSA) is 78.9 Å². The van der Waals surface area contributed by atoms with Gasteiger partial charge in [-0.15, -0.1) is 0 Å². The Kier molecular flexibility index (Phi) is 45.6. The lowest BCUT2D eigenvalue weighted by Crippen LogP contribution is -2.30. The van der Waals surface area contributed by atoms with E-state index in [2.05, 4.69) is 118 Å². The lowest BCUT2D eigenvalue weighted by Gasteiger charge is -2.18. The van der Waals surface area contributed by atoms with Crippen LogP contribution in [0, 0.1) is 0 Å². The van der Waals surface area contributed by atoms with E-state index in [4.69, 9.17) is 14.2 Å². The molecular weight excluding hydrogens is 757 g/mol. The molecule has 0 aliphatic carbocycles. The molecule has 344 valence electrons. The van der Waals surface area contributed by atoms with E-state index in [1.165, 1.54) is 51.4 Å². The second-order valence-electron chi connectivity index (χ2n) is 15.6. The van der Waals surface area contributed by atoms with Crippen molar-refractivity contribution >= 4 is 17.9 Å². The molecule has 0 fully saturated rings. The molecule has 0 aromatic carbocycles. The van der Waals surface area contributed by atoms with Gasteiger partial charge in [0.25, 0.3) is 0 Å². The van der Waals surface area contributed by atoms with Gasteiger partial charge in [-0.2, -0.15) is 0 Å². The van der Waals surface area contributed by atoms with Crippen molar-refractivity contribution in [2.45, 2.75) is 207 Å². The molecule has 61 heavy (non-hydrogen) atoms. The minimum Gasteiger partial charge on any atom is -0.462 e. The zero-order valence-electron chi connectivity index (χ0n) is 39.1. The highest BCUT2D eigenvalue weighted by atomic mass is 16.6. The first-order valence-corrected chi connectivity index (χ1v) is 24.4. The van der Waals surface area contributed by atoms with Crippen molar-refractivity contribution in [3.63, 3.8) is 0 Å². The van der Waals surface area contributed by atoms with Crippen molar-refractivity contribution in [2.24, 2.45) is 0 Å². The minimum atomic E-state index is -0.812. The van der Waals surface area contributed by atoms with Crippen LogP contribution in [-0.2, 0) is 28.6 Å². The summed E-state index contributed by atoms with van der Waals surface area (Å²) in [5, 5.41) is 0. The predicted molar refractivity (Wildman–Crippen MR) is 260 cm³/mol. The highest BCUT2D eigenvalue weighted by molar-refractivity contribution is 5.71. The molecule has 0 aromatic heterocycles. The largest absolute Gasteiger partial charge is 0.462 e. The fraction of sp³-hybridized carbons (Fsp3) is 0.618. The van der Waals surface area contributed by atoms with E-state index < -0.39 is 6.10 Å². The molecule has 0 saturated heterocycles. The van der Waals surface area contributed by atoms with Crippen molar-refractivity contribution in [3.8, 4) is 0 Å². The van der Waals surface area contributed by atoms with E-state index in [1.807, 2.05) is 12.2 Å². The molecule has 0 bridgehead atoms. The number of unbranched alkanes of at least 4 members (excludes halogenated alkanes) is 13. The number of hydrogen-bond acceptors (Lipinski definition) is 6. The van der Waals surface area contributed by atoms with Crippen LogP contribution < -0.4 is 0 Å². The summed E-state index contributed by atoms with van der Waals surface area (Å²) in [4.78, 5) is 37.7. The summed E-state index contributed by atoms with van der Waals surface area (Å²) < 4.78 is 16.6. The standard InChI is InChI=1S/C55H88O6/c1-4-7-10-13-16-18-20-22-24-26-27-29-30-32-34-36-39-42-45-48-54(57)60-51-52(50-59-53(56)47-44-41-38-15-12-9-6-3)61-55(58)49-46-43-40-37-35-33-31-28-25-23-21-19-17-14-11-8-5-2/h7-8,10-11,16-19,22-25,27,29,32,34,39,42,52H,4-6,9,12-15,20-21,26,28,30-31,33,35-38,40-41,43-51H2,1-3H3/b10-7-,11-8-,18-16-,19-17-,24-22-,25-23-,29-27-,34-32-,42-39-. The summed E-state index contributed by atoms with van der Waals surface area (Å²) in [6.07, 6.45) is 65.2. The monoisotopic (exact) mass is 845 g/mol. The Labute approximate surface area is 374 Å². The molecule has 6 heteroatoms. The summed E-state index contributed by atoms with van der Waals surface area (Å²) in [6, 6.07) is 0. The molecule has 0 N–H and O–H groups in total. The van der Waals surface area contributed by atoms with Gasteiger partial charge in [-0.3, -0.25) is 14.4 Å². The van der Waals surface area contributed by atoms with Crippen LogP contribution in [0.1, 0.15) is 201 Å². The normalized spacial score (nSPS) is 13.0. The quantitative estimate of drug-likeness (QED) is 0.0264. The van der Waals surface area contributed by atoms with E-state index in [0.29, 0.717) is 19.3 Å². The summed E-state index contributed by atoms with van der Waals surface area (Å²) in [5.41, 5.74) is 0. The van der Waals surface area contributed by atoms with Gasteiger partial charge in [0.2, 0.25) is 0 Å². The molecule has 0 heterocycles. The molecule has 0 aromatic rings. The van der Waals surface area contributed by atoms with Crippen LogP contribution in [0.5, 0.6) is 0 Å². The number of esters is 3. The van der Waals surface area contributed by atoms with Gasteiger partial charge in [-0.25, -0.2) is 0 Å². The van der Waals surface area contributed by atoms with E-state index >= 15 is 0 Å². The molecule has 6 nitrogen and oxygen atoms in total. The summed E-state index contributed by atoms with van der Waals surface area (Å²) >= 11 is 0. The number of ether oxygens (including phenoxy) is 3. The fourth-order valence-electron chi connectivity index (χ4n) is 6.19. The molecule has 0 aliphatic heterocycles. The van der Waals surface area contributed by atoms with Gasteiger partial charge in [-0.05, 0) is 89.9 Å². The van der Waals surface area contributed by atoms with Gasteiger partial charge in [0.15, 0.2) is 6.10 Å². The highest BCUT2D eigenvalue weighted by Gasteiger charge is 2.19. The van der Waals surface area contributed by atoms with Gasteiger partial charge in [0.1, 0.15) is 13.2 Å². The van der Waals surface area contributed by atoms with Gasteiger partial charge in [0, 0.05) is 19.3 Å². The second kappa shape index (κ2) is 48.7. The smallest absolute Gasteiger partial charge is 0.306 e. The third-order valence-electron chi connectivity index (χ3n) is 9.79. The number of rotatable bonds is 42. The Hall–Kier alpha value is -3.93. The van der Waals surface area contributed by atoms with Crippen molar-refractivity contribution in [2.75, 3.05) is 13.2 Å². The Balaban J connectivity index is 4.43. The average molecular weight is 845 g/mol. The minimum absolute atomic E-state index is 0.107. The van der Waals surface area contributed by atoms with Gasteiger partial charge >= 0.3 is 17.9 Å². The number of carbonyl (C=O) groups is 3. The first kappa shape index (κ1) is 57.1. The lowest BCUT2D eigenvalue weighted by molar-refractivity contribution is -0.166. The SMILES string of the molecule is CC/C=C\C/C=C\C/C=C\C/C=C\C/C=C\C/C=C\CCC(=O)OCC(COC(=O)CCCCCCCCC)OC(=O)CCCCCCCCC/C=C\C/C=C\C/C=C\CC. The molecule has 0 radical (unpaired) electrons. The maximum Gasteiger partial charge on any atom is 0.306 e. The van der Waals surface area contributed by atoms with Crippen LogP contribution in [0.15, 0.2) is 109 Å². The number of carbonyl (C=O) groups excluding carboxylic acids is 3. The molecule has 1 unspecified atom stereocenters. The number of hydrogen-bond donors (Lipinski definition) is 0. The molecule has 0 spiro atoms. The van der Waals surface area contributed by atoms with Crippen LogP contribution in [0.4, 0.5) is 0 Å². The summed E-state index contributed by atoms with van der Waals surface area (Å²) in [5.74, 6) is -1.02. The fourth-order valence-corrected chi connectivity index (χ4v) is 6.19. The third-order valence-corrected chi connectivity index (χ3v) is 9.79. The van der Waals surface area contributed by atoms with Crippen molar-refractivity contribution < 1.29 is 28.6 Å². The maximum absolute atomic E-state index is 12.7. The molecule has 0 rings (SSSR count). The van der Waals surface area contributed by atoms with Crippen molar-refractivity contribution in [1.82, 2.24) is 0 Å². The summed E-state index contributed by atoms with van der Waals surface area (Å²) in [7, 11) is 0. The molecule has 0 aliphatic rings. The highest BCUT2D eigenvalue weighted by Crippen LogP contribution is 2.13. The van der Waals surface area contributed by atoms with Gasteiger partial charge < -0.3 is 14.2 Å². The van der Waals surface area contributed by atoms with E-state index in [0.717, 1.165) is 103 Å². The Morgan fingerprint density at radius 2 is 0.672 bits per heavy atom. The lowest BCUT2D eigenvalue weighted by atomic mass is 10.1. The molecule has 0 amide bonds. The molecule has 1 atom stereocenters. The van der Waals surface area contributed by atoms with E-state index in [1.54, 1.807) is 0 Å². The molecule has 0 saturated carbocycles. The Morgan fingerprint density at radius 3 is 1.10 bits per heavy atom. The zero-order valence-corrected chi connectivity index (χ0v) is 39.1. The van der Waals surface area contributed by atoms with Gasteiger partial charge in [-0.1, -0.05) is 201 Å². The molecular formula is C55H88O6. The van der Waals surface area contributed by atoms with E-state index in [-0.39, 0.29) is 37.5 Å². The van der Waals surface area contributed by atoms with Crippen LogP contribution in [0.3, 0.4) is 0 Å². The van der Waals surface area contributed by atoms with Crippen LogP contribution in [0.25, 0.3) is 0 Å². The Morgan fingerprint density at radius 1 is 0.344 bits per heavy atom. The zero-order chi connectivity index (χ0) is 44.4. The number of allylic oxidation sites excluding steroid dienone is 18. The van der Waals surface area contributed by atoms with Crippen LogP contribution in [-0.4, -0.2) is 37.2 Å². The second-order valence-corrected chi connectivity index (χ2v) is 15.6. The van der Waals surface area contributed by atoms with Crippen molar-refractivity contribution in [3.05, 3.63) is 109 Å². The van der Waals surface area contributed by atoms with E-state index in [9.17, 15) is 14.4 Å². The first-order valence-electron chi connectivity index (χ1n) is 24.4. The van der Waals surface area contributed by atoms with Crippen LogP contribution >= 0.6 is 0 Å². The summed E-state index contributed by atoms with van der Waals surface area (Å²) in [6.45, 7) is 6.27. The third kappa shape index (κ3) is 47.0. The average Bonchev–Trinajstić information content (AvgIpc) is 3.26. The van der Waals surface area contributed by atoms with Crippen LogP contribution in [0.2, 0.25) is 0 Å². The van der Waals surface area contributed by atoms with Gasteiger partial charge in [0.05, 0.1) is 0 Å².